The maximum absolute atomic E-state index is 12.2. The summed E-state index contributed by atoms with van der Waals surface area (Å²) in [6.45, 7) is 3.55. The molecular formula is C22H39N5O3S2. The Morgan fingerprint density at radius 3 is 2.12 bits per heavy atom. The van der Waals surface area contributed by atoms with E-state index in [9.17, 15) is 13.2 Å². The molecule has 0 atom stereocenters. The van der Waals surface area contributed by atoms with Crippen molar-refractivity contribution in [2.75, 3.05) is 5.32 Å². The van der Waals surface area contributed by atoms with E-state index in [4.69, 9.17) is 5.73 Å². The van der Waals surface area contributed by atoms with Crippen molar-refractivity contribution in [1.29, 1.82) is 0 Å². The van der Waals surface area contributed by atoms with E-state index in [0.717, 1.165) is 43.4 Å². The van der Waals surface area contributed by atoms with E-state index in [1.165, 1.54) is 58.3 Å². The van der Waals surface area contributed by atoms with Crippen LogP contribution in [0.2, 0.25) is 0 Å². The highest BCUT2D eigenvalue weighted by atomic mass is 32.2. The first-order valence-corrected chi connectivity index (χ1v) is 14.0. The lowest BCUT2D eigenvalue weighted by atomic mass is 10.1. The topological polar surface area (TPSA) is 127 Å². The smallest absolute Gasteiger partial charge is 0.313 e. The molecule has 0 saturated carbocycles. The highest BCUT2D eigenvalue weighted by Gasteiger charge is 2.20. The highest BCUT2D eigenvalue weighted by Crippen LogP contribution is 2.21. The number of allylic oxidation sites excluding steroid dienone is 2. The average molecular weight is 486 g/mol. The van der Waals surface area contributed by atoms with E-state index in [0.29, 0.717) is 6.42 Å². The fourth-order valence-electron chi connectivity index (χ4n) is 3.13. The number of nitrogens with zero attached hydrogens (tertiary/aromatic N) is 3. The Kier molecular flexibility index (Phi) is 14.8. The number of anilines is 1. The fraction of sp³-hybridized carbons (Fsp3) is 0.727. The number of amidine groups is 1. The first kappa shape index (κ1) is 28.2. The maximum atomic E-state index is 12.2. The number of nitrogens with one attached hydrogen (secondary N) is 1. The van der Waals surface area contributed by atoms with Crippen molar-refractivity contribution in [2.45, 2.75) is 108 Å². The normalized spacial score (nSPS) is 12.5. The van der Waals surface area contributed by atoms with Crippen LogP contribution in [0.4, 0.5) is 5.13 Å². The zero-order valence-electron chi connectivity index (χ0n) is 19.5. The molecule has 1 aromatic heterocycles. The molecule has 0 aliphatic heterocycles. The van der Waals surface area contributed by atoms with Crippen molar-refractivity contribution in [3.8, 4) is 0 Å². The summed E-state index contributed by atoms with van der Waals surface area (Å²) in [6.07, 6.45) is 20.6. The van der Waals surface area contributed by atoms with Gasteiger partial charge in [-0.05, 0) is 32.1 Å². The predicted molar refractivity (Wildman–Crippen MR) is 132 cm³/mol. The summed E-state index contributed by atoms with van der Waals surface area (Å²) in [5, 5.41) is 9.69. The van der Waals surface area contributed by atoms with Crippen LogP contribution in [0.25, 0.3) is 0 Å². The van der Waals surface area contributed by atoms with Crippen LogP contribution < -0.4 is 11.1 Å². The van der Waals surface area contributed by atoms with Crippen molar-refractivity contribution in [1.82, 2.24) is 10.2 Å². The van der Waals surface area contributed by atoms with E-state index in [-0.39, 0.29) is 21.2 Å². The summed E-state index contributed by atoms with van der Waals surface area (Å²) in [7, 11) is -4.00. The van der Waals surface area contributed by atoms with Gasteiger partial charge in [0.1, 0.15) is 5.84 Å². The minimum Gasteiger partial charge on any atom is -0.386 e. The van der Waals surface area contributed by atoms with Crippen LogP contribution in [0.5, 0.6) is 0 Å². The van der Waals surface area contributed by atoms with Crippen LogP contribution in [0.3, 0.4) is 0 Å². The lowest BCUT2D eigenvalue weighted by molar-refractivity contribution is -0.114. The van der Waals surface area contributed by atoms with Crippen molar-refractivity contribution in [2.24, 2.45) is 10.1 Å². The van der Waals surface area contributed by atoms with Crippen LogP contribution in [-0.4, -0.2) is 30.4 Å². The van der Waals surface area contributed by atoms with Gasteiger partial charge in [-0.25, -0.2) is 0 Å². The number of rotatable bonds is 18. The van der Waals surface area contributed by atoms with E-state index < -0.39 is 10.0 Å². The molecule has 32 heavy (non-hydrogen) atoms. The van der Waals surface area contributed by atoms with Crippen LogP contribution in [0.15, 0.2) is 20.9 Å². The van der Waals surface area contributed by atoms with Crippen LogP contribution in [-0.2, 0) is 14.8 Å². The molecule has 0 fully saturated rings. The van der Waals surface area contributed by atoms with Crippen LogP contribution in [0, 0.1) is 0 Å². The summed E-state index contributed by atoms with van der Waals surface area (Å²) in [4.78, 5) is 11.0. The van der Waals surface area contributed by atoms with E-state index in [1.807, 2.05) is 0 Å². The zero-order chi connectivity index (χ0) is 23.7. The average Bonchev–Trinajstić information content (AvgIpc) is 3.19. The fourth-order valence-corrected chi connectivity index (χ4v) is 5.05. The Morgan fingerprint density at radius 2 is 1.53 bits per heavy atom. The third-order valence-corrected chi connectivity index (χ3v) is 7.36. The van der Waals surface area contributed by atoms with Gasteiger partial charge in [0.05, 0.1) is 0 Å². The molecule has 1 rings (SSSR count). The number of amides is 1. The Hall–Kier alpha value is -1.81. The third-order valence-electron chi connectivity index (χ3n) is 4.84. The number of aromatic nitrogens is 2. The van der Waals surface area contributed by atoms with Crippen molar-refractivity contribution in [3.05, 3.63) is 12.2 Å². The lowest BCUT2D eigenvalue weighted by Gasteiger charge is -2.01. The van der Waals surface area contributed by atoms with Gasteiger partial charge in [-0.15, -0.1) is 14.6 Å². The summed E-state index contributed by atoms with van der Waals surface area (Å²) < 4.78 is 27.8. The second-order valence-corrected chi connectivity index (χ2v) is 10.7. The van der Waals surface area contributed by atoms with E-state index in [1.54, 1.807) is 0 Å². The molecule has 10 heteroatoms. The largest absolute Gasteiger partial charge is 0.386 e. The number of unbranched alkanes of at least 4 members (excludes halogenated alkanes) is 11. The van der Waals surface area contributed by atoms with Crippen molar-refractivity contribution < 1.29 is 13.2 Å². The van der Waals surface area contributed by atoms with Crippen molar-refractivity contribution in [3.63, 3.8) is 0 Å². The third kappa shape index (κ3) is 13.6. The van der Waals surface area contributed by atoms with Gasteiger partial charge < -0.3 is 11.1 Å². The SMILES string of the molecule is CCCCCCCCC=CCCCCCCC/C(N)=N\S(=O)(=O)c1nnc(NC(C)=O)s1. The van der Waals surface area contributed by atoms with Gasteiger partial charge >= 0.3 is 10.0 Å². The number of carbonyl (C=O) groups is 1. The molecule has 0 bridgehead atoms. The molecule has 1 heterocycles. The first-order valence-electron chi connectivity index (χ1n) is 11.7. The molecule has 0 unspecified atom stereocenters. The number of hydrogen-bond donors (Lipinski definition) is 2. The molecule has 8 nitrogen and oxygen atoms in total. The molecule has 0 aliphatic rings. The molecule has 0 radical (unpaired) electrons. The maximum Gasteiger partial charge on any atom is 0.313 e. The summed E-state index contributed by atoms with van der Waals surface area (Å²) in [5.74, 6) is -0.281. The van der Waals surface area contributed by atoms with Gasteiger partial charge in [-0.3, -0.25) is 4.79 Å². The van der Waals surface area contributed by atoms with Gasteiger partial charge in [-0.1, -0.05) is 81.8 Å². The summed E-state index contributed by atoms with van der Waals surface area (Å²) >= 11 is 0.749. The predicted octanol–water partition coefficient (Wildman–Crippen LogP) is 5.58. The lowest BCUT2D eigenvalue weighted by Crippen LogP contribution is -2.14. The van der Waals surface area contributed by atoms with Crippen molar-refractivity contribution >= 4 is 38.2 Å². The summed E-state index contributed by atoms with van der Waals surface area (Å²) in [5.41, 5.74) is 5.79. The molecule has 182 valence electrons. The Balaban J connectivity index is 2.12. The minimum atomic E-state index is -4.00. The number of hydrogen-bond acceptors (Lipinski definition) is 6. The number of carbonyl (C=O) groups excluding carboxylic acids is 1. The van der Waals surface area contributed by atoms with E-state index in [2.05, 4.69) is 39.0 Å². The van der Waals surface area contributed by atoms with Gasteiger partial charge in [-0.2, -0.15) is 8.42 Å². The minimum absolute atomic E-state index is 0.0684. The number of sulfonamides is 1. The zero-order valence-corrected chi connectivity index (χ0v) is 21.1. The molecule has 0 spiro atoms. The Labute approximate surface area is 197 Å². The quantitative estimate of drug-likeness (QED) is 0.0918. The van der Waals surface area contributed by atoms with Gasteiger partial charge in [0.15, 0.2) is 0 Å². The van der Waals surface area contributed by atoms with E-state index >= 15 is 0 Å². The molecule has 0 aliphatic carbocycles. The van der Waals surface area contributed by atoms with Crippen LogP contribution >= 0.6 is 11.3 Å². The monoisotopic (exact) mass is 485 g/mol. The molecule has 3 N–H and O–H groups in total. The second kappa shape index (κ2) is 16.8. The van der Waals surface area contributed by atoms with Gasteiger partial charge in [0.25, 0.3) is 4.34 Å². The Morgan fingerprint density at radius 1 is 0.969 bits per heavy atom. The first-order chi connectivity index (χ1) is 15.3. The second-order valence-electron chi connectivity index (χ2n) is 7.95. The molecule has 0 saturated heterocycles. The molecule has 0 aromatic carbocycles. The standard InChI is InChI=1S/C22H39N5O3S2/c1-3-4-5-6-7-8-9-10-11-12-13-14-15-16-17-18-20(23)27-32(29,30)22-26-25-21(31-22)24-19(2)28/h10-11H,3-9,12-18H2,1-2H3,(H2,23,27)(H,24,25,28). The molecular weight excluding hydrogens is 446 g/mol. The molecule has 1 amide bonds. The van der Waals surface area contributed by atoms with Crippen LogP contribution in [0.1, 0.15) is 104 Å². The number of nitrogens with two attached hydrogens (primary N) is 1. The van der Waals surface area contributed by atoms with Gasteiger partial charge in [0, 0.05) is 13.3 Å². The highest BCUT2D eigenvalue weighted by molar-refractivity contribution is 7.92. The summed E-state index contributed by atoms with van der Waals surface area (Å²) in [6, 6.07) is 0. The Bertz CT molecular complexity index is 819. The van der Waals surface area contributed by atoms with Gasteiger partial charge in [0.2, 0.25) is 11.0 Å². The molecule has 1 aromatic rings.